The number of nitrogens with zero attached hydrogens (tertiary/aromatic N) is 1. The predicted octanol–water partition coefficient (Wildman–Crippen LogP) is 3.48. The third kappa shape index (κ3) is 2.85. The van der Waals surface area contributed by atoms with Gasteiger partial charge in [0.25, 0.3) is 0 Å². The molecule has 78 valence electrons. The Labute approximate surface area is 87.7 Å². The van der Waals surface area contributed by atoms with Crippen LogP contribution < -0.4 is 0 Å². The van der Waals surface area contributed by atoms with Crippen LogP contribution in [0.4, 0.5) is 0 Å². The van der Waals surface area contributed by atoms with Gasteiger partial charge in [0.1, 0.15) is 0 Å². The molecule has 1 unspecified atom stereocenters. The van der Waals surface area contributed by atoms with Crippen molar-refractivity contribution in [3.05, 3.63) is 35.9 Å². The van der Waals surface area contributed by atoms with Crippen molar-refractivity contribution in [1.82, 2.24) is 4.90 Å². The van der Waals surface area contributed by atoms with Gasteiger partial charge in [-0.3, -0.25) is 4.90 Å². The Morgan fingerprint density at radius 2 is 1.79 bits per heavy atom. The maximum atomic E-state index is 2.51. The summed E-state index contributed by atoms with van der Waals surface area (Å²) in [5.41, 5.74) is 1.42. The lowest BCUT2D eigenvalue weighted by Gasteiger charge is -2.27. The summed E-state index contributed by atoms with van der Waals surface area (Å²) >= 11 is 0. The van der Waals surface area contributed by atoms with Gasteiger partial charge in [0, 0.05) is 6.04 Å². The van der Waals surface area contributed by atoms with Crippen molar-refractivity contribution in [3.63, 3.8) is 0 Å². The molecule has 1 nitrogen and oxygen atoms in total. The van der Waals surface area contributed by atoms with Gasteiger partial charge in [-0.2, -0.15) is 0 Å². The molecule has 1 aromatic carbocycles. The van der Waals surface area contributed by atoms with E-state index < -0.39 is 0 Å². The second-order valence-corrected chi connectivity index (χ2v) is 3.72. The summed E-state index contributed by atoms with van der Waals surface area (Å²) in [4.78, 5) is 2.51. The topological polar surface area (TPSA) is 3.24 Å². The minimum atomic E-state index is 0.543. The van der Waals surface area contributed by atoms with E-state index in [1.807, 2.05) is 0 Å². The van der Waals surface area contributed by atoms with Crippen LogP contribution in [0.2, 0.25) is 0 Å². The molecule has 0 amide bonds. The molecule has 0 fully saturated rings. The van der Waals surface area contributed by atoms with E-state index >= 15 is 0 Å². The Morgan fingerprint density at radius 1 is 1.14 bits per heavy atom. The number of hydrogen-bond donors (Lipinski definition) is 0. The average Bonchev–Trinajstić information content (AvgIpc) is 2.26. The summed E-state index contributed by atoms with van der Waals surface area (Å²) in [6.07, 6.45) is 1.23. The maximum Gasteiger partial charge on any atom is 0.0319 e. The summed E-state index contributed by atoms with van der Waals surface area (Å²) in [6, 6.07) is 11.3. The summed E-state index contributed by atoms with van der Waals surface area (Å²) < 4.78 is 0. The Hall–Kier alpha value is -0.820. The molecule has 0 aliphatic rings. The van der Waals surface area contributed by atoms with Gasteiger partial charge in [0.2, 0.25) is 0 Å². The maximum absolute atomic E-state index is 2.51. The molecule has 0 spiro atoms. The van der Waals surface area contributed by atoms with E-state index in [4.69, 9.17) is 0 Å². The SMILES string of the molecule is CCCN(CC)C(C)c1ccccc1. The van der Waals surface area contributed by atoms with E-state index in [-0.39, 0.29) is 0 Å². The third-order valence-electron chi connectivity index (χ3n) is 2.75. The van der Waals surface area contributed by atoms with Crippen molar-refractivity contribution >= 4 is 0 Å². The van der Waals surface area contributed by atoms with Crippen LogP contribution in [-0.4, -0.2) is 18.0 Å². The molecule has 1 aromatic rings. The summed E-state index contributed by atoms with van der Waals surface area (Å²) in [5.74, 6) is 0. The molecule has 14 heavy (non-hydrogen) atoms. The molecule has 0 aromatic heterocycles. The van der Waals surface area contributed by atoms with Gasteiger partial charge in [-0.1, -0.05) is 44.2 Å². The molecule has 0 aliphatic heterocycles. The molecule has 0 bridgehead atoms. The first-order valence-electron chi connectivity index (χ1n) is 5.58. The van der Waals surface area contributed by atoms with E-state index in [1.165, 1.54) is 18.5 Å². The number of benzene rings is 1. The molecule has 0 aliphatic carbocycles. The first-order valence-corrected chi connectivity index (χ1v) is 5.58. The van der Waals surface area contributed by atoms with Gasteiger partial charge < -0.3 is 0 Å². The largest absolute Gasteiger partial charge is 0.297 e. The van der Waals surface area contributed by atoms with Crippen LogP contribution in [0, 0.1) is 0 Å². The highest BCUT2D eigenvalue weighted by molar-refractivity contribution is 5.18. The van der Waals surface area contributed by atoms with Gasteiger partial charge in [-0.05, 0) is 32.0 Å². The molecular weight excluding hydrogens is 170 g/mol. The quantitative estimate of drug-likeness (QED) is 0.688. The minimum absolute atomic E-state index is 0.543. The fraction of sp³-hybridized carbons (Fsp3) is 0.538. The predicted molar refractivity (Wildman–Crippen MR) is 62.4 cm³/mol. The first-order chi connectivity index (χ1) is 6.79. The first kappa shape index (κ1) is 11.3. The van der Waals surface area contributed by atoms with Crippen molar-refractivity contribution in [1.29, 1.82) is 0 Å². The Balaban J connectivity index is 2.67. The molecule has 1 rings (SSSR count). The van der Waals surface area contributed by atoms with Crippen LogP contribution in [-0.2, 0) is 0 Å². The fourth-order valence-electron chi connectivity index (χ4n) is 1.86. The Kier molecular flexibility index (Phi) is 4.68. The van der Waals surface area contributed by atoms with Crippen molar-refractivity contribution < 1.29 is 0 Å². The van der Waals surface area contributed by atoms with Crippen molar-refractivity contribution in [2.24, 2.45) is 0 Å². The minimum Gasteiger partial charge on any atom is -0.297 e. The van der Waals surface area contributed by atoms with Crippen LogP contribution in [0.3, 0.4) is 0 Å². The molecule has 0 N–H and O–H groups in total. The van der Waals surface area contributed by atoms with Crippen LogP contribution in [0.1, 0.15) is 38.8 Å². The summed E-state index contributed by atoms with van der Waals surface area (Å²) in [6.45, 7) is 9.07. The highest BCUT2D eigenvalue weighted by Crippen LogP contribution is 2.19. The zero-order valence-electron chi connectivity index (χ0n) is 9.53. The molecule has 1 heteroatoms. The lowest BCUT2D eigenvalue weighted by Crippen LogP contribution is -2.27. The lowest BCUT2D eigenvalue weighted by molar-refractivity contribution is 0.222. The van der Waals surface area contributed by atoms with Crippen molar-refractivity contribution in [2.45, 2.75) is 33.2 Å². The smallest absolute Gasteiger partial charge is 0.0319 e. The van der Waals surface area contributed by atoms with Crippen LogP contribution in [0.5, 0.6) is 0 Å². The zero-order chi connectivity index (χ0) is 10.4. The van der Waals surface area contributed by atoms with Crippen molar-refractivity contribution in [2.75, 3.05) is 13.1 Å². The number of hydrogen-bond acceptors (Lipinski definition) is 1. The van der Waals surface area contributed by atoms with E-state index in [1.54, 1.807) is 0 Å². The van der Waals surface area contributed by atoms with Gasteiger partial charge in [-0.25, -0.2) is 0 Å². The highest BCUT2D eigenvalue weighted by Gasteiger charge is 2.11. The van der Waals surface area contributed by atoms with Gasteiger partial charge in [0.15, 0.2) is 0 Å². The third-order valence-corrected chi connectivity index (χ3v) is 2.75. The molecule has 1 atom stereocenters. The second kappa shape index (κ2) is 5.82. The van der Waals surface area contributed by atoms with E-state index in [0.717, 1.165) is 6.54 Å². The standard InChI is InChI=1S/C13H21N/c1-4-11-14(5-2)12(3)13-9-7-6-8-10-13/h6-10,12H,4-5,11H2,1-3H3. The van der Waals surface area contributed by atoms with Gasteiger partial charge >= 0.3 is 0 Å². The molecule has 0 saturated carbocycles. The lowest BCUT2D eigenvalue weighted by atomic mass is 10.1. The molecule has 0 heterocycles. The van der Waals surface area contributed by atoms with Gasteiger partial charge in [-0.15, -0.1) is 0 Å². The van der Waals surface area contributed by atoms with E-state index in [0.29, 0.717) is 6.04 Å². The summed E-state index contributed by atoms with van der Waals surface area (Å²) in [7, 11) is 0. The molecular formula is C13H21N. The second-order valence-electron chi connectivity index (χ2n) is 3.72. The average molecular weight is 191 g/mol. The monoisotopic (exact) mass is 191 g/mol. The van der Waals surface area contributed by atoms with Crippen LogP contribution >= 0.6 is 0 Å². The van der Waals surface area contributed by atoms with Crippen LogP contribution in [0.25, 0.3) is 0 Å². The summed E-state index contributed by atoms with van der Waals surface area (Å²) in [5, 5.41) is 0. The zero-order valence-corrected chi connectivity index (χ0v) is 9.53. The molecule has 0 radical (unpaired) electrons. The van der Waals surface area contributed by atoms with Crippen LogP contribution in [0.15, 0.2) is 30.3 Å². The van der Waals surface area contributed by atoms with E-state index in [9.17, 15) is 0 Å². The Morgan fingerprint density at radius 3 is 2.29 bits per heavy atom. The fourth-order valence-corrected chi connectivity index (χ4v) is 1.86. The molecule has 0 saturated heterocycles. The van der Waals surface area contributed by atoms with Gasteiger partial charge in [0.05, 0.1) is 0 Å². The number of rotatable bonds is 5. The van der Waals surface area contributed by atoms with Crippen molar-refractivity contribution in [3.8, 4) is 0 Å². The Bertz CT molecular complexity index is 243. The normalized spacial score (nSPS) is 13.1. The van der Waals surface area contributed by atoms with E-state index in [2.05, 4.69) is 56.0 Å². The highest BCUT2D eigenvalue weighted by atomic mass is 15.1.